The van der Waals surface area contributed by atoms with Gasteiger partial charge in [-0.2, -0.15) is 31.4 Å². The number of nitrogens with one attached hydrogen (secondary N) is 2. The van der Waals surface area contributed by atoms with Crippen LogP contribution in [0.25, 0.3) is 11.0 Å². The Morgan fingerprint density at radius 2 is 1.89 bits per heavy atom. The number of amides is 1. The van der Waals surface area contributed by atoms with Crippen molar-refractivity contribution in [3.8, 4) is 0 Å². The van der Waals surface area contributed by atoms with E-state index < -0.39 is 30.8 Å². The summed E-state index contributed by atoms with van der Waals surface area (Å²) in [5.41, 5.74) is 2.32. The minimum absolute atomic E-state index is 0.225. The maximum atomic E-state index is 12.6. The van der Waals surface area contributed by atoms with Gasteiger partial charge < -0.3 is 15.0 Å². The highest BCUT2D eigenvalue weighted by Crippen LogP contribution is 2.29. The molecule has 0 spiro atoms. The molecule has 1 aliphatic rings. The lowest BCUT2D eigenvalue weighted by molar-refractivity contribution is -0.192. The van der Waals surface area contributed by atoms with E-state index in [-0.39, 0.29) is 11.7 Å². The van der Waals surface area contributed by atoms with E-state index in [1.807, 2.05) is 7.05 Å². The molecule has 1 fully saturated rings. The Bertz CT molecular complexity index is 1200. The van der Waals surface area contributed by atoms with Gasteiger partial charge in [0.15, 0.2) is 5.69 Å². The largest absolute Gasteiger partial charge is 0.490 e. The molecule has 1 atom stereocenters. The Hall–Kier alpha value is -3.62. The standard InChI is InChI=1S/C18H19F3N6O.C2HF3O2/c1-26-6-2-3-15(26)13-8-14(25-24-13)17(28)23-11-4-5-16-12(7-11)22-10-27(16)9-18(19,20)21;3-2(4,5)1(6)7/h4-5,7-8,10,15H,2-3,6,9H2,1H3,(H,23,28)(H,24,25);(H,6,7). The monoisotopic (exact) mass is 506 g/mol. The molecule has 0 bridgehead atoms. The van der Waals surface area contributed by atoms with Crippen molar-refractivity contribution >= 4 is 28.6 Å². The molecule has 3 heterocycles. The molecule has 190 valence electrons. The van der Waals surface area contributed by atoms with E-state index in [1.54, 1.807) is 18.2 Å². The van der Waals surface area contributed by atoms with Gasteiger partial charge in [0.05, 0.1) is 29.1 Å². The number of halogens is 6. The molecule has 1 unspecified atom stereocenters. The predicted molar refractivity (Wildman–Crippen MR) is 111 cm³/mol. The Morgan fingerprint density at radius 1 is 1.20 bits per heavy atom. The summed E-state index contributed by atoms with van der Waals surface area (Å²) in [5.74, 6) is -3.15. The van der Waals surface area contributed by atoms with Crippen molar-refractivity contribution in [3.05, 3.63) is 42.0 Å². The fourth-order valence-electron chi connectivity index (χ4n) is 3.58. The molecular weight excluding hydrogens is 486 g/mol. The summed E-state index contributed by atoms with van der Waals surface area (Å²) in [4.78, 5) is 27.6. The molecule has 0 saturated carbocycles. The molecule has 1 aliphatic heterocycles. The highest BCUT2D eigenvalue weighted by molar-refractivity contribution is 6.03. The first-order chi connectivity index (χ1) is 16.2. The third-order valence-corrected chi connectivity index (χ3v) is 5.18. The average Bonchev–Trinajstić information content (AvgIpc) is 3.46. The highest BCUT2D eigenvalue weighted by atomic mass is 19.4. The van der Waals surface area contributed by atoms with Gasteiger partial charge in [-0.1, -0.05) is 0 Å². The minimum Gasteiger partial charge on any atom is -0.475 e. The van der Waals surface area contributed by atoms with Crippen LogP contribution >= 0.6 is 0 Å². The first-order valence-electron chi connectivity index (χ1n) is 10.1. The van der Waals surface area contributed by atoms with Crippen LogP contribution in [-0.4, -0.2) is 67.6 Å². The van der Waals surface area contributed by atoms with Crippen LogP contribution in [-0.2, 0) is 11.3 Å². The molecule has 0 aliphatic carbocycles. The summed E-state index contributed by atoms with van der Waals surface area (Å²) in [6, 6.07) is 6.56. The molecule has 1 aromatic carbocycles. The van der Waals surface area contributed by atoms with E-state index in [0.29, 0.717) is 16.7 Å². The number of aliphatic carboxylic acids is 1. The number of rotatable bonds is 4. The number of nitrogens with zero attached hydrogens (tertiary/aromatic N) is 4. The smallest absolute Gasteiger partial charge is 0.475 e. The molecule has 2 aromatic heterocycles. The van der Waals surface area contributed by atoms with Gasteiger partial charge in [-0.3, -0.25) is 14.8 Å². The van der Waals surface area contributed by atoms with E-state index in [1.165, 1.54) is 6.07 Å². The second-order valence-electron chi connectivity index (χ2n) is 7.80. The fourth-order valence-corrected chi connectivity index (χ4v) is 3.58. The number of aromatic amines is 1. The number of hydrogen-bond acceptors (Lipinski definition) is 5. The van der Waals surface area contributed by atoms with Crippen molar-refractivity contribution in [2.24, 2.45) is 0 Å². The number of likely N-dealkylation sites (tertiary alicyclic amines) is 1. The van der Waals surface area contributed by atoms with Gasteiger partial charge in [0.1, 0.15) is 6.54 Å². The second kappa shape index (κ2) is 9.93. The zero-order chi connectivity index (χ0) is 26.0. The lowest BCUT2D eigenvalue weighted by atomic mass is 10.1. The Balaban J connectivity index is 0.000000429. The molecule has 1 amide bonds. The number of anilines is 1. The molecule has 1 saturated heterocycles. The van der Waals surface area contributed by atoms with Crippen LogP contribution < -0.4 is 5.32 Å². The maximum absolute atomic E-state index is 12.6. The van der Waals surface area contributed by atoms with Crippen molar-refractivity contribution in [1.29, 1.82) is 0 Å². The molecule has 3 aromatic rings. The normalized spacial score (nSPS) is 16.7. The summed E-state index contributed by atoms with van der Waals surface area (Å²) in [7, 11) is 2.03. The quantitative estimate of drug-likeness (QED) is 0.461. The SMILES string of the molecule is CN1CCCC1c1cc(C(=O)Nc2ccc3c(c2)ncn3CC(F)(F)F)n[nH]1.O=C(O)C(F)(F)F. The van der Waals surface area contributed by atoms with Gasteiger partial charge in [-0.15, -0.1) is 0 Å². The topological polar surface area (TPSA) is 116 Å². The number of alkyl halides is 6. The zero-order valence-electron chi connectivity index (χ0n) is 18.1. The molecule has 4 rings (SSSR count). The number of imidazole rings is 1. The summed E-state index contributed by atoms with van der Waals surface area (Å²) in [6.07, 6.45) is -6.16. The fraction of sp³-hybridized carbons (Fsp3) is 0.400. The maximum Gasteiger partial charge on any atom is 0.490 e. The Kier molecular flexibility index (Phi) is 7.38. The lowest BCUT2D eigenvalue weighted by Gasteiger charge is -2.16. The molecular formula is C20H20F6N6O3. The number of fused-ring (bicyclic) bond motifs is 1. The number of carbonyl (C=O) groups excluding carboxylic acids is 1. The van der Waals surface area contributed by atoms with Gasteiger partial charge in [-0.05, 0) is 50.7 Å². The van der Waals surface area contributed by atoms with Gasteiger partial charge in [-0.25, -0.2) is 9.78 Å². The van der Waals surface area contributed by atoms with Gasteiger partial charge >= 0.3 is 18.3 Å². The van der Waals surface area contributed by atoms with E-state index in [9.17, 15) is 31.1 Å². The number of carboxylic acids is 1. The predicted octanol–water partition coefficient (Wildman–Crippen LogP) is 3.97. The second-order valence-corrected chi connectivity index (χ2v) is 7.80. The first kappa shape index (κ1) is 26.0. The Morgan fingerprint density at radius 3 is 2.46 bits per heavy atom. The number of carboxylic acid groups (broad SMARTS) is 1. The van der Waals surface area contributed by atoms with E-state index in [2.05, 4.69) is 25.4 Å². The van der Waals surface area contributed by atoms with Gasteiger partial charge in [0, 0.05) is 5.69 Å². The van der Waals surface area contributed by atoms with Gasteiger partial charge in [0.2, 0.25) is 0 Å². The van der Waals surface area contributed by atoms with Crippen LogP contribution in [0.4, 0.5) is 32.0 Å². The summed E-state index contributed by atoms with van der Waals surface area (Å²) in [5, 5.41) is 16.9. The van der Waals surface area contributed by atoms with Crippen molar-refractivity contribution < 1.29 is 41.0 Å². The minimum atomic E-state index is -5.08. The van der Waals surface area contributed by atoms with Crippen LogP contribution in [0.1, 0.15) is 35.1 Å². The lowest BCUT2D eigenvalue weighted by Crippen LogP contribution is -2.21. The molecule has 9 nitrogen and oxygen atoms in total. The molecule has 3 N–H and O–H groups in total. The summed E-state index contributed by atoms with van der Waals surface area (Å²) in [6.45, 7) is -0.104. The number of H-pyrrole nitrogens is 1. The number of aromatic nitrogens is 4. The average molecular weight is 506 g/mol. The van der Waals surface area contributed by atoms with Crippen molar-refractivity contribution in [1.82, 2.24) is 24.6 Å². The highest BCUT2D eigenvalue weighted by Gasteiger charge is 2.38. The van der Waals surface area contributed by atoms with Gasteiger partial charge in [0.25, 0.3) is 5.91 Å². The Labute approximate surface area is 193 Å². The first-order valence-corrected chi connectivity index (χ1v) is 10.1. The van der Waals surface area contributed by atoms with Crippen LogP contribution in [0.3, 0.4) is 0 Å². The third kappa shape index (κ3) is 6.71. The van der Waals surface area contributed by atoms with Crippen LogP contribution in [0.5, 0.6) is 0 Å². The van der Waals surface area contributed by atoms with E-state index in [0.717, 1.165) is 36.0 Å². The van der Waals surface area contributed by atoms with Crippen molar-refractivity contribution in [2.75, 3.05) is 18.9 Å². The van der Waals surface area contributed by atoms with Crippen LogP contribution in [0.2, 0.25) is 0 Å². The molecule has 35 heavy (non-hydrogen) atoms. The zero-order valence-corrected chi connectivity index (χ0v) is 18.1. The molecule has 0 radical (unpaired) electrons. The van der Waals surface area contributed by atoms with Crippen molar-refractivity contribution in [2.45, 2.75) is 37.8 Å². The van der Waals surface area contributed by atoms with Crippen molar-refractivity contribution in [3.63, 3.8) is 0 Å². The van der Waals surface area contributed by atoms with Crippen LogP contribution in [0.15, 0.2) is 30.6 Å². The number of carbonyl (C=O) groups is 2. The van der Waals surface area contributed by atoms with Crippen LogP contribution in [0, 0.1) is 0 Å². The number of benzene rings is 1. The number of hydrogen-bond donors (Lipinski definition) is 3. The van der Waals surface area contributed by atoms with E-state index in [4.69, 9.17) is 9.90 Å². The molecule has 15 heteroatoms. The van der Waals surface area contributed by atoms with E-state index >= 15 is 0 Å². The summed E-state index contributed by atoms with van der Waals surface area (Å²) >= 11 is 0. The summed E-state index contributed by atoms with van der Waals surface area (Å²) < 4.78 is 70.6. The third-order valence-electron chi connectivity index (χ3n) is 5.18.